The summed E-state index contributed by atoms with van der Waals surface area (Å²) in [5.41, 5.74) is 3.84. The third kappa shape index (κ3) is 4.59. The molecule has 0 radical (unpaired) electrons. The maximum atomic E-state index is 12.5. The van der Waals surface area contributed by atoms with Crippen LogP contribution in [-0.4, -0.2) is 30.4 Å². The van der Waals surface area contributed by atoms with Crippen LogP contribution in [0.4, 0.5) is 0 Å². The number of carbonyl (C=O) groups excluding carboxylic acids is 2. The van der Waals surface area contributed by atoms with Gasteiger partial charge in [0, 0.05) is 18.2 Å². The van der Waals surface area contributed by atoms with E-state index in [-0.39, 0.29) is 11.8 Å². The highest BCUT2D eigenvalue weighted by molar-refractivity contribution is 6.09. The van der Waals surface area contributed by atoms with E-state index in [1.807, 2.05) is 32.1 Å². The van der Waals surface area contributed by atoms with Gasteiger partial charge in [0.15, 0.2) is 0 Å². The van der Waals surface area contributed by atoms with Crippen LogP contribution in [0.25, 0.3) is 6.08 Å². The predicted molar refractivity (Wildman–Crippen MR) is 100 cm³/mol. The summed E-state index contributed by atoms with van der Waals surface area (Å²) in [4.78, 5) is 26.3. The van der Waals surface area contributed by atoms with Crippen LogP contribution in [0.5, 0.6) is 5.75 Å². The number of benzene rings is 1. The van der Waals surface area contributed by atoms with E-state index >= 15 is 0 Å². The minimum absolute atomic E-state index is 0.146. The molecule has 1 aliphatic heterocycles. The van der Waals surface area contributed by atoms with Gasteiger partial charge in [-0.25, -0.2) is 0 Å². The highest BCUT2D eigenvalue weighted by Crippen LogP contribution is 2.24. The van der Waals surface area contributed by atoms with Crippen LogP contribution < -0.4 is 4.74 Å². The molecule has 0 aliphatic carbocycles. The van der Waals surface area contributed by atoms with Crippen molar-refractivity contribution in [2.24, 2.45) is 0 Å². The number of carbonyl (C=O) groups is 2. The van der Waals surface area contributed by atoms with E-state index in [1.54, 1.807) is 13.2 Å². The quantitative estimate of drug-likeness (QED) is 0.729. The first-order valence-corrected chi connectivity index (χ1v) is 8.86. The van der Waals surface area contributed by atoms with Crippen molar-refractivity contribution in [3.8, 4) is 5.75 Å². The molecule has 0 N–H and O–H groups in total. The van der Waals surface area contributed by atoms with Gasteiger partial charge in [-0.2, -0.15) is 0 Å². The molecule has 2 amide bonds. The van der Waals surface area contributed by atoms with Gasteiger partial charge >= 0.3 is 0 Å². The molecule has 0 atom stereocenters. The van der Waals surface area contributed by atoms with Gasteiger partial charge in [0.05, 0.1) is 7.11 Å². The Morgan fingerprint density at radius 3 is 2.76 bits per heavy atom. The van der Waals surface area contributed by atoms with Crippen LogP contribution >= 0.6 is 0 Å². The average molecular weight is 341 g/mol. The Morgan fingerprint density at radius 2 is 2.08 bits per heavy atom. The molecule has 0 saturated carbocycles. The van der Waals surface area contributed by atoms with Gasteiger partial charge in [-0.3, -0.25) is 14.5 Å². The molecule has 25 heavy (non-hydrogen) atoms. The first-order valence-electron chi connectivity index (χ1n) is 8.86. The highest BCUT2D eigenvalue weighted by Gasteiger charge is 2.25. The number of unbranched alkanes of at least 4 members (excludes halogenated alkanes) is 1. The molecule has 0 saturated heterocycles. The maximum Gasteiger partial charge on any atom is 0.256 e. The Kier molecular flexibility index (Phi) is 6.57. The van der Waals surface area contributed by atoms with E-state index in [4.69, 9.17) is 4.74 Å². The molecule has 134 valence electrons. The van der Waals surface area contributed by atoms with Crippen LogP contribution in [0.2, 0.25) is 0 Å². The van der Waals surface area contributed by atoms with Crippen molar-refractivity contribution in [1.29, 1.82) is 0 Å². The van der Waals surface area contributed by atoms with Crippen molar-refractivity contribution < 1.29 is 14.3 Å². The van der Waals surface area contributed by atoms with Crippen LogP contribution in [0.15, 0.2) is 29.9 Å². The van der Waals surface area contributed by atoms with Gasteiger partial charge in [0.2, 0.25) is 0 Å². The predicted octanol–water partition coefficient (Wildman–Crippen LogP) is 4.20. The van der Waals surface area contributed by atoms with Gasteiger partial charge in [-0.05, 0) is 61.9 Å². The topological polar surface area (TPSA) is 46.6 Å². The van der Waals surface area contributed by atoms with E-state index in [1.165, 1.54) is 11.0 Å². The second-order valence-corrected chi connectivity index (χ2v) is 6.42. The monoisotopic (exact) mass is 341 g/mol. The van der Waals surface area contributed by atoms with E-state index in [9.17, 15) is 9.59 Å². The van der Waals surface area contributed by atoms with Crippen LogP contribution in [0.3, 0.4) is 0 Å². The number of aryl methyl sites for hydroxylation is 1. The number of hydrogen-bond donors (Lipinski definition) is 0. The second kappa shape index (κ2) is 8.65. The van der Waals surface area contributed by atoms with Gasteiger partial charge in [-0.15, -0.1) is 0 Å². The summed E-state index contributed by atoms with van der Waals surface area (Å²) in [5.74, 6) is 0.391. The molecule has 1 aliphatic rings. The van der Waals surface area contributed by atoms with Crippen LogP contribution in [0.1, 0.15) is 49.3 Å². The lowest BCUT2D eigenvalue weighted by Gasteiger charge is -2.24. The normalized spacial score (nSPS) is 14.8. The van der Waals surface area contributed by atoms with Crippen molar-refractivity contribution in [2.45, 2.75) is 46.5 Å². The van der Waals surface area contributed by atoms with E-state index in [0.717, 1.165) is 53.7 Å². The fraction of sp³-hybridized carbons (Fsp3) is 0.429. The fourth-order valence-corrected chi connectivity index (χ4v) is 2.94. The Balaban J connectivity index is 2.11. The number of ether oxygens (including phenoxy) is 1. The van der Waals surface area contributed by atoms with Gasteiger partial charge in [-0.1, -0.05) is 25.5 Å². The lowest BCUT2D eigenvalue weighted by molar-refractivity contribution is -0.139. The van der Waals surface area contributed by atoms with Crippen LogP contribution in [-0.2, 0) is 9.59 Å². The van der Waals surface area contributed by atoms with Crippen molar-refractivity contribution in [2.75, 3.05) is 13.7 Å². The molecular weight excluding hydrogens is 314 g/mol. The third-order valence-corrected chi connectivity index (χ3v) is 4.61. The minimum atomic E-state index is -0.260. The average Bonchev–Trinajstić information content (AvgIpc) is 2.61. The molecule has 4 nitrogen and oxygen atoms in total. The fourth-order valence-electron chi connectivity index (χ4n) is 2.94. The molecule has 1 aromatic rings. The second-order valence-electron chi connectivity index (χ2n) is 6.42. The summed E-state index contributed by atoms with van der Waals surface area (Å²) in [6, 6.07) is 3.91. The van der Waals surface area contributed by atoms with Gasteiger partial charge < -0.3 is 4.74 Å². The standard InChI is InChI=1S/C21H27NO3/c1-5-6-8-18-9-7-12-22(21(18)24)20(23)11-10-17-13-15(2)16(3)19(14-17)25-4/h9-11,13-14H,5-8,12H2,1-4H3/b11-10+. The van der Waals surface area contributed by atoms with E-state index < -0.39 is 0 Å². The van der Waals surface area contributed by atoms with Crippen molar-refractivity contribution in [3.63, 3.8) is 0 Å². The SMILES string of the molecule is CCCCC1=CCCN(C(=O)/C=C/c2cc(C)c(C)c(OC)c2)C1=O. The minimum Gasteiger partial charge on any atom is -0.496 e. The summed E-state index contributed by atoms with van der Waals surface area (Å²) in [6.45, 7) is 6.56. The summed E-state index contributed by atoms with van der Waals surface area (Å²) < 4.78 is 5.37. The van der Waals surface area contributed by atoms with E-state index in [0.29, 0.717) is 6.54 Å². The van der Waals surface area contributed by atoms with E-state index in [2.05, 4.69) is 6.92 Å². The molecule has 0 spiro atoms. The summed E-state index contributed by atoms with van der Waals surface area (Å²) >= 11 is 0. The maximum absolute atomic E-state index is 12.5. The number of amides is 2. The molecular formula is C21H27NO3. The largest absolute Gasteiger partial charge is 0.496 e. The smallest absolute Gasteiger partial charge is 0.256 e. The lowest BCUT2D eigenvalue weighted by atomic mass is 10.0. The molecule has 0 fully saturated rings. The Morgan fingerprint density at radius 1 is 1.32 bits per heavy atom. The zero-order chi connectivity index (χ0) is 18.4. The van der Waals surface area contributed by atoms with Gasteiger partial charge in [0.1, 0.15) is 5.75 Å². The van der Waals surface area contributed by atoms with Crippen molar-refractivity contribution >= 4 is 17.9 Å². The molecule has 1 aromatic carbocycles. The first-order chi connectivity index (χ1) is 12.0. The van der Waals surface area contributed by atoms with Crippen molar-refractivity contribution in [3.05, 3.63) is 46.5 Å². The Labute approximate surface area is 150 Å². The Bertz CT molecular complexity index is 716. The van der Waals surface area contributed by atoms with Crippen molar-refractivity contribution in [1.82, 2.24) is 4.90 Å². The Hall–Kier alpha value is -2.36. The number of hydrogen-bond acceptors (Lipinski definition) is 3. The summed E-state index contributed by atoms with van der Waals surface area (Å²) in [7, 11) is 1.64. The highest BCUT2D eigenvalue weighted by atomic mass is 16.5. The molecule has 0 unspecified atom stereocenters. The van der Waals surface area contributed by atoms with Crippen LogP contribution in [0, 0.1) is 13.8 Å². The third-order valence-electron chi connectivity index (χ3n) is 4.61. The van der Waals surface area contributed by atoms with Gasteiger partial charge in [0.25, 0.3) is 11.8 Å². The molecule has 4 heteroatoms. The summed E-state index contributed by atoms with van der Waals surface area (Å²) in [5, 5.41) is 0. The first kappa shape index (κ1) is 19.0. The molecule has 0 bridgehead atoms. The molecule has 0 aromatic heterocycles. The zero-order valence-electron chi connectivity index (χ0n) is 15.6. The number of nitrogens with zero attached hydrogens (tertiary/aromatic N) is 1. The number of methoxy groups -OCH3 is 1. The lowest BCUT2D eigenvalue weighted by Crippen LogP contribution is -2.39. The molecule has 1 heterocycles. The number of rotatable bonds is 6. The number of imide groups is 1. The zero-order valence-corrected chi connectivity index (χ0v) is 15.6. The molecule has 2 rings (SSSR count). The summed E-state index contributed by atoms with van der Waals surface area (Å²) in [6.07, 6.45) is 8.68.